The first-order valence-electron chi connectivity index (χ1n) is 6.71. The molecule has 0 bridgehead atoms. The molecule has 3 rings (SSSR count). The summed E-state index contributed by atoms with van der Waals surface area (Å²) in [6, 6.07) is 9.14. The van der Waals surface area contributed by atoms with Gasteiger partial charge in [-0.2, -0.15) is 13.2 Å². The summed E-state index contributed by atoms with van der Waals surface area (Å²) in [5.41, 5.74) is 0.549. The number of halogens is 5. The van der Waals surface area contributed by atoms with Crippen LogP contribution in [-0.2, 0) is 6.18 Å². The van der Waals surface area contributed by atoms with E-state index in [0.29, 0.717) is 16.8 Å². The number of hydrogen-bond donors (Lipinski definition) is 0. The van der Waals surface area contributed by atoms with Gasteiger partial charge in [-0.05, 0) is 36.8 Å². The van der Waals surface area contributed by atoms with Crippen molar-refractivity contribution < 1.29 is 17.6 Å². The molecule has 0 atom stereocenters. The summed E-state index contributed by atoms with van der Waals surface area (Å²) >= 11 is 6.21. The molecule has 1 heterocycles. The van der Waals surface area contributed by atoms with Crippen LogP contribution in [-0.4, -0.2) is 4.98 Å². The Morgan fingerprint density at radius 2 is 1.74 bits per heavy atom. The van der Waals surface area contributed by atoms with Crippen molar-refractivity contribution in [2.45, 2.75) is 13.1 Å². The van der Waals surface area contributed by atoms with Crippen LogP contribution in [0.15, 0.2) is 42.5 Å². The Hall–Kier alpha value is -2.14. The molecule has 0 saturated carbocycles. The number of benzene rings is 2. The average Bonchev–Trinajstić information content (AvgIpc) is 2.50. The average molecular weight is 340 g/mol. The van der Waals surface area contributed by atoms with Gasteiger partial charge in [0, 0.05) is 5.56 Å². The van der Waals surface area contributed by atoms with E-state index in [1.807, 2.05) is 0 Å². The fraction of sp³-hybridized carbons (Fsp3) is 0.118. The summed E-state index contributed by atoms with van der Waals surface area (Å²) in [4.78, 5) is 4.30. The minimum Gasteiger partial charge on any atom is -0.247 e. The molecule has 1 nitrogen and oxygen atoms in total. The van der Waals surface area contributed by atoms with Crippen LogP contribution in [0.1, 0.15) is 11.1 Å². The number of nitrogens with zero attached hydrogens (tertiary/aromatic N) is 1. The normalized spacial score (nSPS) is 11.9. The molecule has 0 unspecified atom stereocenters. The molecule has 3 aromatic rings. The van der Waals surface area contributed by atoms with E-state index in [-0.39, 0.29) is 16.0 Å². The first-order valence-corrected chi connectivity index (χ1v) is 7.09. The standard InChI is InChI=1S/C17H10ClF4N/c1-9-15(18)14-12(19)6-3-7-13(14)23-16(9)10-4-2-5-11(8-10)17(20,21)22/h2-8H,1H3. The zero-order chi connectivity index (χ0) is 16.8. The molecule has 0 aliphatic carbocycles. The quantitative estimate of drug-likeness (QED) is 0.494. The van der Waals surface area contributed by atoms with Gasteiger partial charge in [-0.1, -0.05) is 29.8 Å². The molecule has 0 fully saturated rings. The number of aromatic nitrogens is 1. The highest BCUT2D eigenvalue weighted by molar-refractivity contribution is 6.36. The fourth-order valence-electron chi connectivity index (χ4n) is 2.44. The lowest BCUT2D eigenvalue weighted by Crippen LogP contribution is -2.05. The van der Waals surface area contributed by atoms with Gasteiger partial charge in [0.15, 0.2) is 0 Å². The van der Waals surface area contributed by atoms with E-state index in [1.165, 1.54) is 24.3 Å². The van der Waals surface area contributed by atoms with Gasteiger partial charge in [0.25, 0.3) is 0 Å². The van der Waals surface area contributed by atoms with Crippen molar-refractivity contribution in [2.75, 3.05) is 0 Å². The zero-order valence-corrected chi connectivity index (χ0v) is 12.6. The Morgan fingerprint density at radius 1 is 1.04 bits per heavy atom. The van der Waals surface area contributed by atoms with Crippen molar-refractivity contribution in [3.63, 3.8) is 0 Å². The van der Waals surface area contributed by atoms with E-state index in [0.717, 1.165) is 12.1 Å². The van der Waals surface area contributed by atoms with Gasteiger partial charge in [0.2, 0.25) is 0 Å². The molecule has 6 heteroatoms. The van der Waals surface area contributed by atoms with Crippen LogP contribution >= 0.6 is 11.6 Å². The van der Waals surface area contributed by atoms with Crippen LogP contribution in [0.2, 0.25) is 5.02 Å². The van der Waals surface area contributed by atoms with Gasteiger partial charge < -0.3 is 0 Å². The Morgan fingerprint density at radius 3 is 2.43 bits per heavy atom. The topological polar surface area (TPSA) is 12.9 Å². The first kappa shape index (κ1) is 15.7. The second-order valence-corrected chi connectivity index (χ2v) is 5.49. The first-order chi connectivity index (χ1) is 10.8. The smallest absolute Gasteiger partial charge is 0.247 e. The fourth-order valence-corrected chi connectivity index (χ4v) is 2.72. The van der Waals surface area contributed by atoms with E-state index in [4.69, 9.17) is 11.6 Å². The van der Waals surface area contributed by atoms with Gasteiger partial charge >= 0.3 is 6.18 Å². The summed E-state index contributed by atoms with van der Waals surface area (Å²) < 4.78 is 52.5. The molecule has 0 aliphatic heterocycles. The van der Waals surface area contributed by atoms with Crippen LogP contribution in [0.3, 0.4) is 0 Å². The van der Waals surface area contributed by atoms with Crippen LogP contribution in [0.4, 0.5) is 17.6 Å². The summed E-state index contributed by atoms with van der Waals surface area (Å²) in [7, 11) is 0. The maximum Gasteiger partial charge on any atom is 0.416 e. The van der Waals surface area contributed by atoms with Crippen LogP contribution in [0.25, 0.3) is 22.2 Å². The highest BCUT2D eigenvalue weighted by Crippen LogP contribution is 2.36. The van der Waals surface area contributed by atoms with Gasteiger partial charge in [0.1, 0.15) is 5.82 Å². The van der Waals surface area contributed by atoms with E-state index < -0.39 is 17.6 Å². The molecule has 1 aromatic heterocycles. The third kappa shape index (κ3) is 2.77. The highest BCUT2D eigenvalue weighted by atomic mass is 35.5. The van der Waals surface area contributed by atoms with Crippen molar-refractivity contribution in [2.24, 2.45) is 0 Å². The summed E-state index contributed by atoms with van der Waals surface area (Å²) in [6.07, 6.45) is -4.45. The molecule has 0 N–H and O–H groups in total. The van der Waals surface area contributed by atoms with Gasteiger partial charge in [-0.25, -0.2) is 9.37 Å². The van der Waals surface area contributed by atoms with Gasteiger partial charge in [-0.15, -0.1) is 0 Å². The Labute approximate surface area is 134 Å². The Bertz CT molecular complexity index is 903. The van der Waals surface area contributed by atoms with E-state index in [2.05, 4.69) is 4.98 Å². The monoisotopic (exact) mass is 339 g/mol. The molecule has 0 saturated heterocycles. The maximum absolute atomic E-state index is 13.9. The highest BCUT2D eigenvalue weighted by Gasteiger charge is 2.30. The summed E-state index contributed by atoms with van der Waals surface area (Å²) in [5, 5.41) is 0.322. The molecular weight excluding hydrogens is 330 g/mol. The van der Waals surface area contributed by atoms with E-state index >= 15 is 0 Å². The Balaban J connectivity index is 2.27. The number of hydrogen-bond acceptors (Lipinski definition) is 1. The number of fused-ring (bicyclic) bond motifs is 1. The molecule has 0 spiro atoms. The van der Waals surface area contributed by atoms with Crippen molar-refractivity contribution in [3.8, 4) is 11.3 Å². The molecule has 23 heavy (non-hydrogen) atoms. The van der Waals surface area contributed by atoms with Crippen LogP contribution in [0, 0.1) is 12.7 Å². The largest absolute Gasteiger partial charge is 0.416 e. The Kier molecular flexibility index (Phi) is 3.76. The minimum absolute atomic E-state index is 0.153. The minimum atomic E-state index is -4.45. The van der Waals surface area contributed by atoms with Gasteiger partial charge in [0.05, 0.1) is 27.2 Å². The van der Waals surface area contributed by atoms with Crippen molar-refractivity contribution in [1.82, 2.24) is 4.98 Å². The lowest BCUT2D eigenvalue weighted by Gasteiger charge is -2.13. The molecule has 0 aliphatic rings. The summed E-state index contributed by atoms with van der Waals surface area (Å²) in [5.74, 6) is -0.515. The second-order valence-electron chi connectivity index (χ2n) is 5.11. The SMILES string of the molecule is Cc1c(-c2cccc(C(F)(F)F)c2)nc2cccc(F)c2c1Cl. The second kappa shape index (κ2) is 5.49. The molecule has 0 radical (unpaired) electrons. The predicted octanol–water partition coefficient (Wildman–Crippen LogP) is 6.02. The van der Waals surface area contributed by atoms with Crippen molar-refractivity contribution >= 4 is 22.5 Å². The van der Waals surface area contributed by atoms with Crippen molar-refractivity contribution in [3.05, 3.63) is 64.4 Å². The molecule has 118 valence electrons. The number of pyridine rings is 1. The molecule has 2 aromatic carbocycles. The van der Waals surface area contributed by atoms with Gasteiger partial charge in [-0.3, -0.25) is 0 Å². The third-order valence-corrected chi connectivity index (χ3v) is 4.06. The molecule has 0 amide bonds. The predicted molar refractivity (Wildman–Crippen MR) is 81.9 cm³/mol. The summed E-state index contributed by atoms with van der Waals surface area (Å²) in [6.45, 7) is 1.61. The van der Waals surface area contributed by atoms with E-state index in [1.54, 1.807) is 13.0 Å². The zero-order valence-electron chi connectivity index (χ0n) is 11.9. The lowest BCUT2D eigenvalue weighted by molar-refractivity contribution is -0.137. The number of rotatable bonds is 1. The lowest BCUT2D eigenvalue weighted by atomic mass is 10.0. The van der Waals surface area contributed by atoms with Crippen LogP contribution < -0.4 is 0 Å². The van der Waals surface area contributed by atoms with Crippen molar-refractivity contribution in [1.29, 1.82) is 0 Å². The van der Waals surface area contributed by atoms with E-state index in [9.17, 15) is 17.6 Å². The maximum atomic E-state index is 13.9. The van der Waals surface area contributed by atoms with Crippen LogP contribution in [0.5, 0.6) is 0 Å². The third-order valence-electron chi connectivity index (χ3n) is 3.59. The molecular formula is C17H10ClF4N. The number of alkyl halides is 3.